The van der Waals surface area contributed by atoms with Crippen molar-refractivity contribution in [1.29, 1.82) is 0 Å². The van der Waals surface area contributed by atoms with Crippen LogP contribution in [0.25, 0.3) is 0 Å². The highest BCUT2D eigenvalue weighted by Crippen LogP contribution is 2.29. The van der Waals surface area contributed by atoms with Crippen molar-refractivity contribution in [2.75, 3.05) is 39.0 Å². The van der Waals surface area contributed by atoms with Gasteiger partial charge in [0.15, 0.2) is 5.96 Å². The lowest BCUT2D eigenvalue weighted by Gasteiger charge is -2.39. The minimum Gasteiger partial charge on any atom is -0.354 e. The molecule has 0 bridgehead atoms. The molecule has 1 saturated carbocycles. The maximum Gasteiger partial charge on any atom is 0.223 e. The van der Waals surface area contributed by atoms with E-state index in [2.05, 4.69) is 34.4 Å². The summed E-state index contributed by atoms with van der Waals surface area (Å²) in [5.41, 5.74) is 0. The van der Waals surface area contributed by atoms with Crippen molar-refractivity contribution >= 4 is 23.6 Å². The van der Waals surface area contributed by atoms with Crippen molar-refractivity contribution in [2.45, 2.75) is 50.7 Å². The summed E-state index contributed by atoms with van der Waals surface area (Å²) in [7, 11) is 1.83. The molecule has 0 spiro atoms. The average molecular weight is 341 g/mol. The highest BCUT2D eigenvalue weighted by molar-refractivity contribution is 8.00. The number of nitrogens with zero attached hydrogens (tertiary/aromatic N) is 2. The van der Waals surface area contributed by atoms with Crippen molar-refractivity contribution in [3.05, 3.63) is 0 Å². The highest BCUT2D eigenvalue weighted by atomic mass is 32.2. The van der Waals surface area contributed by atoms with Crippen LogP contribution in [0.3, 0.4) is 0 Å². The minimum absolute atomic E-state index is 0.233. The van der Waals surface area contributed by atoms with E-state index in [4.69, 9.17) is 0 Å². The number of rotatable bonds is 4. The fourth-order valence-electron chi connectivity index (χ4n) is 3.40. The molecule has 1 heterocycles. The number of carbonyl (C=O) groups excluding carboxylic acids is 1. The third-order valence-corrected chi connectivity index (χ3v) is 5.92. The summed E-state index contributed by atoms with van der Waals surface area (Å²) in [6, 6.07) is 0. The number of hydrogen-bond acceptors (Lipinski definition) is 3. The van der Waals surface area contributed by atoms with Gasteiger partial charge in [-0.1, -0.05) is 19.3 Å². The van der Waals surface area contributed by atoms with Crippen LogP contribution < -0.4 is 10.6 Å². The van der Waals surface area contributed by atoms with Crippen LogP contribution in [-0.4, -0.2) is 60.5 Å². The molecule has 0 aromatic carbocycles. The van der Waals surface area contributed by atoms with Crippen LogP contribution in [0.1, 0.15) is 46.0 Å². The molecule has 1 aliphatic carbocycles. The molecule has 2 N–H and O–H groups in total. The lowest BCUT2D eigenvalue weighted by atomic mass is 9.89. The van der Waals surface area contributed by atoms with Crippen LogP contribution in [0.4, 0.5) is 0 Å². The normalized spacial score (nSPS) is 22.7. The van der Waals surface area contributed by atoms with Gasteiger partial charge in [0.05, 0.1) is 0 Å². The van der Waals surface area contributed by atoms with Gasteiger partial charge in [0, 0.05) is 49.6 Å². The second-order valence-electron chi connectivity index (χ2n) is 7.13. The van der Waals surface area contributed by atoms with E-state index >= 15 is 0 Å². The molecule has 6 heteroatoms. The van der Waals surface area contributed by atoms with Gasteiger partial charge in [0.1, 0.15) is 0 Å². The summed E-state index contributed by atoms with van der Waals surface area (Å²) >= 11 is 2.02. The van der Waals surface area contributed by atoms with Gasteiger partial charge in [-0.15, -0.1) is 0 Å². The minimum atomic E-state index is 0.233. The van der Waals surface area contributed by atoms with Gasteiger partial charge in [-0.05, 0) is 26.7 Å². The summed E-state index contributed by atoms with van der Waals surface area (Å²) in [4.78, 5) is 18.8. The van der Waals surface area contributed by atoms with Crippen LogP contribution in [0.2, 0.25) is 0 Å². The third-order valence-electron chi connectivity index (χ3n) is 4.62. The standard InChI is InChI=1S/C17H32N4OS/c1-17(2)13-21(11-12-23-17)16(18-3)20-10-9-19-15(22)14-7-5-4-6-8-14/h14H,4-13H2,1-3H3,(H,18,20)(H,19,22). The predicted octanol–water partition coefficient (Wildman–Crippen LogP) is 2.09. The summed E-state index contributed by atoms with van der Waals surface area (Å²) in [5, 5.41) is 6.46. The summed E-state index contributed by atoms with van der Waals surface area (Å²) in [5.74, 6) is 2.55. The van der Waals surface area contributed by atoms with Crippen molar-refractivity contribution < 1.29 is 4.79 Å². The van der Waals surface area contributed by atoms with Crippen LogP contribution in [0.15, 0.2) is 4.99 Å². The Hall–Kier alpha value is -0.910. The Kier molecular flexibility index (Phi) is 7.06. The smallest absolute Gasteiger partial charge is 0.223 e. The molecular formula is C17H32N4OS. The van der Waals surface area contributed by atoms with Gasteiger partial charge < -0.3 is 15.5 Å². The van der Waals surface area contributed by atoms with E-state index in [0.29, 0.717) is 6.54 Å². The Labute approximate surface area is 145 Å². The quantitative estimate of drug-likeness (QED) is 0.467. The molecule has 1 saturated heterocycles. The first-order chi connectivity index (χ1) is 11.0. The SMILES string of the molecule is CN=C(NCCNC(=O)C1CCCCC1)N1CCSC(C)(C)C1. The molecule has 132 valence electrons. The molecule has 0 aromatic rings. The van der Waals surface area contributed by atoms with E-state index in [1.807, 2.05) is 18.8 Å². The molecule has 2 rings (SSSR count). The molecule has 1 aliphatic heterocycles. The second-order valence-corrected chi connectivity index (χ2v) is 8.93. The van der Waals surface area contributed by atoms with Gasteiger partial charge in [0.25, 0.3) is 0 Å². The maximum absolute atomic E-state index is 12.1. The molecule has 2 fully saturated rings. The Morgan fingerprint density at radius 3 is 2.57 bits per heavy atom. The zero-order valence-corrected chi connectivity index (χ0v) is 15.7. The van der Waals surface area contributed by atoms with Gasteiger partial charge in [-0.3, -0.25) is 9.79 Å². The largest absolute Gasteiger partial charge is 0.354 e. The van der Waals surface area contributed by atoms with Crippen molar-refractivity contribution in [3.8, 4) is 0 Å². The van der Waals surface area contributed by atoms with Crippen LogP contribution in [-0.2, 0) is 4.79 Å². The van der Waals surface area contributed by atoms with E-state index in [1.165, 1.54) is 19.3 Å². The van der Waals surface area contributed by atoms with E-state index < -0.39 is 0 Å². The average Bonchev–Trinajstić information content (AvgIpc) is 2.54. The Morgan fingerprint density at radius 2 is 1.91 bits per heavy atom. The monoisotopic (exact) mass is 340 g/mol. The first-order valence-corrected chi connectivity index (χ1v) is 9.88. The summed E-state index contributed by atoms with van der Waals surface area (Å²) in [6.45, 7) is 7.99. The number of aliphatic imine (C=N–C) groups is 1. The Morgan fingerprint density at radius 1 is 1.22 bits per heavy atom. The molecule has 1 amide bonds. The number of carbonyl (C=O) groups is 1. The number of amides is 1. The molecule has 0 radical (unpaired) electrons. The van der Waals surface area contributed by atoms with Crippen molar-refractivity contribution in [2.24, 2.45) is 10.9 Å². The van der Waals surface area contributed by atoms with Crippen molar-refractivity contribution in [1.82, 2.24) is 15.5 Å². The zero-order valence-electron chi connectivity index (χ0n) is 14.9. The van der Waals surface area contributed by atoms with E-state index in [9.17, 15) is 4.79 Å². The number of guanidine groups is 1. The van der Waals surface area contributed by atoms with E-state index in [-0.39, 0.29) is 16.6 Å². The van der Waals surface area contributed by atoms with Crippen molar-refractivity contribution in [3.63, 3.8) is 0 Å². The fourth-order valence-corrected chi connectivity index (χ4v) is 4.51. The molecule has 0 atom stereocenters. The molecule has 5 nitrogen and oxygen atoms in total. The molecule has 0 aromatic heterocycles. The number of nitrogens with one attached hydrogen (secondary N) is 2. The number of thioether (sulfide) groups is 1. The van der Waals surface area contributed by atoms with Crippen LogP contribution >= 0.6 is 11.8 Å². The molecule has 23 heavy (non-hydrogen) atoms. The van der Waals surface area contributed by atoms with E-state index in [1.54, 1.807) is 0 Å². The zero-order chi connectivity index (χ0) is 16.7. The summed E-state index contributed by atoms with van der Waals surface area (Å²) in [6.07, 6.45) is 5.80. The fraction of sp³-hybridized carbons (Fsp3) is 0.882. The van der Waals surface area contributed by atoms with Crippen LogP contribution in [0.5, 0.6) is 0 Å². The second kappa shape index (κ2) is 8.81. The van der Waals surface area contributed by atoms with Gasteiger partial charge in [0.2, 0.25) is 5.91 Å². The van der Waals surface area contributed by atoms with Crippen LogP contribution in [0, 0.1) is 5.92 Å². The topological polar surface area (TPSA) is 56.7 Å². The van der Waals surface area contributed by atoms with Gasteiger partial charge >= 0.3 is 0 Å². The summed E-state index contributed by atoms with van der Waals surface area (Å²) < 4.78 is 0.269. The van der Waals surface area contributed by atoms with E-state index in [0.717, 1.165) is 44.2 Å². The molecule has 0 unspecified atom stereocenters. The molecular weight excluding hydrogens is 308 g/mol. The Balaban J connectivity index is 1.68. The highest BCUT2D eigenvalue weighted by Gasteiger charge is 2.28. The number of hydrogen-bond donors (Lipinski definition) is 2. The first kappa shape index (κ1) is 18.4. The first-order valence-electron chi connectivity index (χ1n) is 8.89. The van der Waals surface area contributed by atoms with Gasteiger partial charge in [-0.25, -0.2) is 0 Å². The lowest BCUT2D eigenvalue weighted by Crippen LogP contribution is -2.52. The van der Waals surface area contributed by atoms with Gasteiger partial charge in [-0.2, -0.15) is 11.8 Å². The molecule has 2 aliphatic rings. The Bertz CT molecular complexity index is 419. The predicted molar refractivity (Wildman–Crippen MR) is 99.1 cm³/mol. The third kappa shape index (κ3) is 5.90. The lowest BCUT2D eigenvalue weighted by molar-refractivity contribution is -0.125. The maximum atomic E-state index is 12.1.